The molecule has 4 nitrogen and oxygen atoms in total. The Morgan fingerprint density at radius 1 is 1.04 bits per heavy atom. The molecular weight excluding hydrogens is 288 g/mol. The second kappa shape index (κ2) is 6.42. The number of nitrogens with zero attached hydrogens (tertiary/aromatic N) is 1. The summed E-state index contributed by atoms with van der Waals surface area (Å²) >= 11 is 0. The number of carbonyl (C=O) groups excluding carboxylic acids is 1. The van der Waals surface area contributed by atoms with E-state index < -0.39 is 6.04 Å². The number of rotatable bonds is 5. The standard InChI is InChI=1S/C19H22N2O2/c1-3-13-5-7-14(8-6-13)18-17(20)19(22)21(18)15-9-11-16(12-10-15)23-4-2/h5-12,17-18H,3-4,20H2,1-2H3/t17-,18-/m1/s1. The molecule has 1 aliphatic heterocycles. The van der Waals surface area contributed by atoms with E-state index in [1.807, 2.05) is 31.2 Å². The first-order chi connectivity index (χ1) is 11.2. The summed E-state index contributed by atoms with van der Waals surface area (Å²) in [6.45, 7) is 4.70. The minimum Gasteiger partial charge on any atom is -0.494 e. The maximum Gasteiger partial charge on any atom is 0.247 e. The molecule has 2 atom stereocenters. The van der Waals surface area contributed by atoms with Crippen LogP contribution < -0.4 is 15.4 Å². The zero-order valence-electron chi connectivity index (χ0n) is 13.5. The first kappa shape index (κ1) is 15.6. The van der Waals surface area contributed by atoms with Gasteiger partial charge in [0.05, 0.1) is 12.6 Å². The third-order valence-electron chi connectivity index (χ3n) is 4.30. The van der Waals surface area contributed by atoms with Crippen LogP contribution in [0.1, 0.15) is 31.0 Å². The molecule has 23 heavy (non-hydrogen) atoms. The van der Waals surface area contributed by atoms with E-state index in [1.54, 1.807) is 4.90 Å². The molecule has 0 radical (unpaired) electrons. The van der Waals surface area contributed by atoms with Gasteiger partial charge in [-0.05, 0) is 48.7 Å². The number of ether oxygens (including phenoxy) is 1. The smallest absolute Gasteiger partial charge is 0.247 e. The Labute approximate surface area is 136 Å². The number of aryl methyl sites for hydroxylation is 1. The van der Waals surface area contributed by atoms with Crippen molar-refractivity contribution in [2.75, 3.05) is 11.5 Å². The predicted octanol–water partition coefficient (Wildman–Crippen LogP) is 3.06. The minimum absolute atomic E-state index is 0.0428. The van der Waals surface area contributed by atoms with Crippen molar-refractivity contribution < 1.29 is 9.53 Å². The fourth-order valence-electron chi connectivity index (χ4n) is 2.98. The van der Waals surface area contributed by atoms with Crippen molar-refractivity contribution in [1.29, 1.82) is 0 Å². The monoisotopic (exact) mass is 310 g/mol. The summed E-state index contributed by atoms with van der Waals surface area (Å²) in [4.78, 5) is 14.0. The molecule has 0 bridgehead atoms. The van der Waals surface area contributed by atoms with Crippen LogP contribution in [0.4, 0.5) is 5.69 Å². The summed E-state index contributed by atoms with van der Waals surface area (Å²) in [6.07, 6.45) is 0.999. The van der Waals surface area contributed by atoms with Crippen molar-refractivity contribution >= 4 is 11.6 Å². The molecule has 2 N–H and O–H groups in total. The van der Waals surface area contributed by atoms with E-state index in [0.29, 0.717) is 6.61 Å². The zero-order valence-corrected chi connectivity index (χ0v) is 13.5. The van der Waals surface area contributed by atoms with Crippen molar-refractivity contribution in [3.05, 3.63) is 59.7 Å². The Balaban J connectivity index is 1.85. The van der Waals surface area contributed by atoms with Gasteiger partial charge < -0.3 is 15.4 Å². The highest BCUT2D eigenvalue weighted by Crippen LogP contribution is 2.38. The normalized spacial score (nSPS) is 20.3. The van der Waals surface area contributed by atoms with Gasteiger partial charge >= 0.3 is 0 Å². The Morgan fingerprint density at radius 3 is 2.26 bits per heavy atom. The maximum absolute atomic E-state index is 12.2. The average Bonchev–Trinajstić information content (AvgIpc) is 2.60. The number of hydrogen-bond donors (Lipinski definition) is 1. The lowest BCUT2D eigenvalue weighted by Crippen LogP contribution is -2.63. The van der Waals surface area contributed by atoms with Crippen LogP contribution in [-0.4, -0.2) is 18.6 Å². The predicted molar refractivity (Wildman–Crippen MR) is 91.6 cm³/mol. The van der Waals surface area contributed by atoms with Crippen LogP contribution in [0.5, 0.6) is 5.75 Å². The average molecular weight is 310 g/mol. The van der Waals surface area contributed by atoms with E-state index in [2.05, 4.69) is 31.2 Å². The van der Waals surface area contributed by atoms with Crippen molar-refractivity contribution in [3.8, 4) is 5.75 Å². The van der Waals surface area contributed by atoms with Crippen LogP contribution in [0.2, 0.25) is 0 Å². The SMILES string of the molecule is CCOc1ccc(N2C(=O)[C@H](N)[C@H]2c2ccc(CC)cc2)cc1. The minimum atomic E-state index is -0.478. The molecule has 0 unspecified atom stereocenters. The van der Waals surface area contributed by atoms with Gasteiger partial charge in [0.2, 0.25) is 5.91 Å². The van der Waals surface area contributed by atoms with Gasteiger partial charge in [0.1, 0.15) is 11.8 Å². The van der Waals surface area contributed by atoms with Gasteiger partial charge in [-0.15, -0.1) is 0 Å². The highest BCUT2D eigenvalue weighted by Gasteiger charge is 2.46. The quantitative estimate of drug-likeness (QED) is 0.864. The van der Waals surface area contributed by atoms with Crippen LogP contribution in [0.3, 0.4) is 0 Å². The number of nitrogens with two attached hydrogens (primary N) is 1. The van der Waals surface area contributed by atoms with Crippen molar-refractivity contribution in [2.45, 2.75) is 32.4 Å². The molecule has 120 valence electrons. The molecule has 2 aromatic rings. The molecular formula is C19H22N2O2. The van der Waals surface area contributed by atoms with Crippen molar-refractivity contribution in [2.24, 2.45) is 5.73 Å². The van der Waals surface area contributed by atoms with E-state index in [4.69, 9.17) is 10.5 Å². The molecule has 1 heterocycles. The molecule has 2 aromatic carbocycles. The Hall–Kier alpha value is -2.33. The maximum atomic E-state index is 12.2. The fourth-order valence-corrected chi connectivity index (χ4v) is 2.98. The lowest BCUT2D eigenvalue weighted by atomic mass is 9.88. The summed E-state index contributed by atoms with van der Waals surface area (Å²) < 4.78 is 5.45. The summed E-state index contributed by atoms with van der Waals surface area (Å²) in [6, 6.07) is 15.3. The zero-order chi connectivity index (χ0) is 16.4. The number of hydrogen-bond acceptors (Lipinski definition) is 3. The van der Waals surface area contributed by atoms with Gasteiger partial charge in [-0.25, -0.2) is 0 Å². The van der Waals surface area contributed by atoms with Crippen LogP contribution >= 0.6 is 0 Å². The number of carbonyl (C=O) groups is 1. The van der Waals surface area contributed by atoms with Crippen LogP contribution in [0.15, 0.2) is 48.5 Å². The van der Waals surface area contributed by atoms with E-state index in [-0.39, 0.29) is 11.9 Å². The van der Waals surface area contributed by atoms with Crippen LogP contribution in [-0.2, 0) is 11.2 Å². The number of amides is 1. The van der Waals surface area contributed by atoms with Gasteiger partial charge in [-0.1, -0.05) is 31.2 Å². The molecule has 0 saturated carbocycles. The van der Waals surface area contributed by atoms with E-state index in [1.165, 1.54) is 5.56 Å². The Morgan fingerprint density at radius 2 is 1.70 bits per heavy atom. The van der Waals surface area contributed by atoms with Crippen LogP contribution in [0.25, 0.3) is 0 Å². The molecule has 1 fully saturated rings. The largest absolute Gasteiger partial charge is 0.494 e. The second-order valence-corrected chi connectivity index (χ2v) is 5.70. The Kier molecular flexibility index (Phi) is 4.35. The third kappa shape index (κ3) is 2.82. The molecule has 1 amide bonds. The fraction of sp³-hybridized carbons (Fsp3) is 0.316. The number of benzene rings is 2. The summed E-state index contributed by atoms with van der Waals surface area (Å²) in [5.74, 6) is 0.760. The van der Waals surface area contributed by atoms with Crippen molar-refractivity contribution in [3.63, 3.8) is 0 Å². The topological polar surface area (TPSA) is 55.6 Å². The molecule has 0 aromatic heterocycles. The lowest BCUT2D eigenvalue weighted by Gasteiger charge is -2.45. The first-order valence-electron chi connectivity index (χ1n) is 8.06. The van der Waals surface area contributed by atoms with Gasteiger partial charge in [0.25, 0.3) is 0 Å². The first-order valence-corrected chi connectivity index (χ1v) is 8.06. The number of β-lactam (4-membered cyclic amide) rings is 1. The lowest BCUT2D eigenvalue weighted by molar-refractivity contribution is -0.126. The molecule has 4 heteroatoms. The summed E-state index contributed by atoms with van der Waals surface area (Å²) in [5.41, 5.74) is 9.26. The van der Waals surface area contributed by atoms with Gasteiger partial charge in [0, 0.05) is 5.69 Å². The molecule has 0 aliphatic carbocycles. The Bertz CT molecular complexity index is 680. The highest BCUT2D eigenvalue weighted by atomic mass is 16.5. The van der Waals surface area contributed by atoms with Crippen LogP contribution in [0, 0.1) is 0 Å². The molecule has 0 spiro atoms. The summed E-state index contributed by atoms with van der Waals surface area (Å²) in [7, 11) is 0. The molecule has 3 rings (SSSR count). The van der Waals surface area contributed by atoms with E-state index in [9.17, 15) is 4.79 Å². The van der Waals surface area contributed by atoms with Gasteiger partial charge in [-0.3, -0.25) is 4.79 Å². The number of anilines is 1. The van der Waals surface area contributed by atoms with Gasteiger partial charge in [-0.2, -0.15) is 0 Å². The second-order valence-electron chi connectivity index (χ2n) is 5.70. The van der Waals surface area contributed by atoms with Crippen molar-refractivity contribution in [1.82, 2.24) is 0 Å². The van der Waals surface area contributed by atoms with Gasteiger partial charge in [0.15, 0.2) is 0 Å². The van der Waals surface area contributed by atoms with E-state index >= 15 is 0 Å². The molecule has 1 saturated heterocycles. The highest BCUT2D eigenvalue weighted by molar-refractivity contribution is 6.05. The molecule has 1 aliphatic rings. The third-order valence-corrected chi connectivity index (χ3v) is 4.30. The van der Waals surface area contributed by atoms with E-state index in [0.717, 1.165) is 23.4 Å². The summed E-state index contributed by atoms with van der Waals surface area (Å²) in [5, 5.41) is 0.